The molecule has 0 radical (unpaired) electrons. The van der Waals surface area contributed by atoms with Crippen molar-refractivity contribution in [2.45, 2.75) is 31.7 Å². The van der Waals surface area contributed by atoms with Gasteiger partial charge in [-0.2, -0.15) is 0 Å². The van der Waals surface area contributed by atoms with Crippen LogP contribution in [-0.2, 0) is 4.79 Å². The molecule has 0 saturated heterocycles. The third-order valence-electron chi connectivity index (χ3n) is 3.68. The van der Waals surface area contributed by atoms with Crippen molar-refractivity contribution in [3.8, 4) is 0 Å². The molecule has 2 unspecified atom stereocenters. The van der Waals surface area contributed by atoms with Crippen molar-refractivity contribution in [2.75, 3.05) is 5.32 Å². The third-order valence-corrected chi connectivity index (χ3v) is 4.48. The number of nitrogens with two attached hydrogens (primary N) is 1. The molecule has 1 aromatic heterocycles. The predicted octanol–water partition coefficient (Wildman–Crippen LogP) is 3.17. The lowest BCUT2D eigenvalue weighted by atomic mass is 9.85. The number of hydrogen-bond donors (Lipinski definition) is 2. The second kappa shape index (κ2) is 6.52. The number of carbonyl (C=O) groups excluding carboxylic acids is 1. The van der Waals surface area contributed by atoms with Gasteiger partial charge in [0.05, 0.1) is 15.7 Å². The molecule has 1 saturated carbocycles. The zero-order valence-corrected chi connectivity index (χ0v) is 12.7. The van der Waals surface area contributed by atoms with Crippen LogP contribution >= 0.6 is 23.7 Å². The highest BCUT2D eigenvalue weighted by Crippen LogP contribution is 2.26. The zero-order chi connectivity index (χ0) is 13.2. The fourth-order valence-corrected chi connectivity index (χ4v) is 3.36. The minimum atomic E-state index is 0. The van der Waals surface area contributed by atoms with Crippen LogP contribution in [0.15, 0.2) is 23.7 Å². The Hall–Kier alpha value is -1.17. The summed E-state index contributed by atoms with van der Waals surface area (Å²) in [7, 11) is 0. The van der Waals surface area contributed by atoms with Crippen molar-refractivity contribution in [1.29, 1.82) is 0 Å². The van der Waals surface area contributed by atoms with Crippen molar-refractivity contribution < 1.29 is 4.79 Å². The molecular formula is C14H18ClN3OS. The highest BCUT2D eigenvalue weighted by atomic mass is 35.5. The molecule has 0 spiro atoms. The number of aromatic nitrogens is 1. The first-order valence-electron chi connectivity index (χ1n) is 6.62. The number of nitrogens with zero attached hydrogens (tertiary/aromatic N) is 1. The molecule has 20 heavy (non-hydrogen) atoms. The van der Waals surface area contributed by atoms with Gasteiger partial charge in [0.25, 0.3) is 0 Å². The van der Waals surface area contributed by atoms with E-state index in [2.05, 4.69) is 10.3 Å². The van der Waals surface area contributed by atoms with E-state index in [9.17, 15) is 4.79 Å². The third kappa shape index (κ3) is 3.29. The summed E-state index contributed by atoms with van der Waals surface area (Å²) in [5.74, 6) is 0.153. The molecule has 108 valence electrons. The predicted molar refractivity (Wildman–Crippen MR) is 85.4 cm³/mol. The molecule has 6 heteroatoms. The largest absolute Gasteiger partial charge is 0.328 e. The Balaban J connectivity index is 0.00000147. The second-order valence-corrected chi connectivity index (χ2v) is 6.03. The maximum atomic E-state index is 12.2. The van der Waals surface area contributed by atoms with E-state index in [1.807, 2.05) is 23.7 Å². The average Bonchev–Trinajstić information content (AvgIpc) is 2.86. The van der Waals surface area contributed by atoms with Crippen molar-refractivity contribution in [3.05, 3.63) is 23.7 Å². The number of fused-ring (bicyclic) bond motifs is 1. The summed E-state index contributed by atoms with van der Waals surface area (Å²) >= 11 is 1.58. The Morgan fingerprint density at radius 2 is 2.25 bits per heavy atom. The minimum absolute atomic E-state index is 0. The van der Waals surface area contributed by atoms with Gasteiger partial charge in [0.1, 0.15) is 0 Å². The standard InChI is InChI=1S/C14H17N3OS.ClH/c15-10-3-1-2-9(6-10)14(18)17-11-4-5-12-13(7-11)19-8-16-12;/h4-5,7-10H,1-3,6,15H2,(H,17,18);1H. The summed E-state index contributed by atoms with van der Waals surface area (Å²) in [6.07, 6.45) is 3.83. The molecule has 3 N–H and O–H groups in total. The summed E-state index contributed by atoms with van der Waals surface area (Å²) < 4.78 is 1.10. The van der Waals surface area contributed by atoms with E-state index in [0.717, 1.165) is 41.6 Å². The van der Waals surface area contributed by atoms with Crippen molar-refractivity contribution in [2.24, 2.45) is 11.7 Å². The highest BCUT2D eigenvalue weighted by Gasteiger charge is 2.25. The summed E-state index contributed by atoms with van der Waals surface area (Å²) in [6.45, 7) is 0. The van der Waals surface area contributed by atoms with Crippen LogP contribution in [0.25, 0.3) is 10.2 Å². The monoisotopic (exact) mass is 311 g/mol. The van der Waals surface area contributed by atoms with Crippen LogP contribution in [0.3, 0.4) is 0 Å². The number of nitrogens with one attached hydrogen (secondary N) is 1. The Labute approximate surface area is 128 Å². The molecule has 0 aliphatic heterocycles. The Kier molecular flexibility index (Phi) is 4.96. The Bertz CT molecular complexity index is 601. The number of anilines is 1. The molecule has 1 heterocycles. The first-order chi connectivity index (χ1) is 9.22. The highest BCUT2D eigenvalue weighted by molar-refractivity contribution is 7.16. The molecule has 1 fully saturated rings. The van der Waals surface area contributed by atoms with Gasteiger partial charge in [0.2, 0.25) is 5.91 Å². The van der Waals surface area contributed by atoms with Crippen LogP contribution in [-0.4, -0.2) is 16.9 Å². The first-order valence-corrected chi connectivity index (χ1v) is 7.50. The van der Waals surface area contributed by atoms with Crippen LogP contribution < -0.4 is 11.1 Å². The maximum Gasteiger partial charge on any atom is 0.227 e. The summed E-state index contributed by atoms with van der Waals surface area (Å²) in [5, 5.41) is 3.00. The number of rotatable bonds is 2. The van der Waals surface area contributed by atoms with E-state index in [1.165, 1.54) is 0 Å². The van der Waals surface area contributed by atoms with Gasteiger partial charge in [0.15, 0.2) is 0 Å². The second-order valence-electron chi connectivity index (χ2n) is 5.15. The Morgan fingerprint density at radius 3 is 3.05 bits per heavy atom. The van der Waals surface area contributed by atoms with Gasteiger partial charge in [-0.25, -0.2) is 4.98 Å². The van der Waals surface area contributed by atoms with Crippen LogP contribution in [0.5, 0.6) is 0 Å². The van der Waals surface area contributed by atoms with E-state index < -0.39 is 0 Å². The smallest absolute Gasteiger partial charge is 0.227 e. The summed E-state index contributed by atoms with van der Waals surface area (Å²) in [5.41, 5.74) is 9.57. The summed E-state index contributed by atoms with van der Waals surface area (Å²) in [4.78, 5) is 16.4. The van der Waals surface area contributed by atoms with Gasteiger partial charge in [-0.3, -0.25) is 4.79 Å². The maximum absolute atomic E-state index is 12.2. The summed E-state index contributed by atoms with van der Waals surface area (Å²) in [6, 6.07) is 6.00. The quantitative estimate of drug-likeness (QED) is 0.895. The topological polar surface area (TPSA) is 68.0 Å². The zero-order valence-electron chi connectivity index (χ0n) is 11.0. The van der Waals surface area contributed by atoms with Crippen molar-refractivity contribution in [3.63, 3.8) is 0 Å². The van der Waals surface area contributed by atoms with Gasteiger partial charge in [0, 0.05) is 17.6 Å². The molecule has 3 rings (SSSR count). The lowest BCUT2D eigenvalue weighted by Gasteiger charge is -2.25. The lowest BCUT2D eigenvalue weighted by Crippen LogP contribution is -2.34. The molecule has 2 aromatic rings. The molecule has 1 aromatic carbocycles. The van der Waals surface area contributed by atoms with Gasteiger partial charge in [-0.1, -0.05) is 6.42 Å². The molecule has 1 aliphatic rings. The molecule has 0 bridgehead atoms. The van der Waals surface area contributed by atoms with Crippen LogP contribution in [0.1, 0.15) is 25.7 Å². The van der Waals surface area contributed by atoms with E-state index in [4.69, 9.17) is 5.73 Å². The van der Waals surface area contributed by atoms with E-state index in [-0.39, 0.29) is 30.3 Å². The first kappa shape index (κ1) is 15.2. The fraction of sp³-hybridized carbons (Fsp3) is 0.429. The van der Waals surface area contributed by atoms with E-state index in [1.54, 1.807) is 11.3 Å². The number of benzene rings is 1. The molecule has 4 nitrogen and oxygen atoms in total. The lowest BCUT2D eigenvalue weighted by molar-refractivity contribution is -0.120. The van der Waals surface area contributed by atoms with Gasteiger partial charge in [-0.15, -0.1) is 23.7 Å². The molecule has 1 amide bonds. The van der Waals surface area contributed by atoms with Crippen molar-refractivity contribution >= 4 is 45.6 Å². The van der Waals surface area contributed by atoms with E-state index >= 15 is 0 Å². The number of amides is 1. The number of halogens is 1. The number of thiazole rings is 1. The average molecular weight is 312 g/mol. The minimum Gasteiger partial charge on any atom is -0.328 e. The van der Waals surface area contributed by atoms with Crippen LogP contribution in [0.2, 0.25) is 0 Å². The molecule has 2 atom stereocenters. The van der Waals surface area contributed by atoms with E-state index in [0.29, 0.717) is 0 Å². The fourth-order valence-electron chi connectivity index (χ4n) is 2.64. The van der Waals surface area contributed by atoms with Crippen LogP contribution in [0.4, 0.5) is 5.69 Å². The SMILES string of the molecule is Cl.NC1CCCC(C(=O)Nc2ccc3ncsc3c2)C1. The number of hydrogen-bond acceptors (Lipinski definition) is 4. The van der Waals surface area contributed by atoms with Gasteiger partial charge < -0.3 is 11.1 Å². The van der Waals surface area contributed by atoms with Crippen LogP contribution in [0, 0.1) is 5.92 Å². The van der Waals surface area contributed by atoms with Gasteiger partial charge in [-0.05, 0) is 37.5 Å². The number of carbonyl (C=O) groups is 1. The molecular weight excluding hydrogens is 294 g/mol. The normalized spacial score (nSPS) is 22.2. The van der Waals surface area contributed by atoms with Crippen molar-refractivity contribution in [1.82, 2.24) is 4.98 Å². The van der Waals surface area contributed by atoms with Gasteiger partial charge >= 0.3 is 0 Å². The Morgan fingerprint density at radius 1 is 1.40 bits per heavy atom. The molecule has 1 aliphatic carbocycles.